The lowest BCUT2D eigenvalue weighted by Gasteiger charge is -2.37. The van der Waals surface area contributed by atoms with E-state index in [1.54, 1.807) is 22.0 Å². The lowest BCUT2D eigenvalue weighted by atomic mass is 9.96. The first-order valence-electron chi connectivity index (χ1n) is 6.63. The molecule has 0 spiro atoms. The molecule has 0 amide bonds. The van der Waals surface area contributed by atoms with Gasteiger partial charge in [-0.25, -0.2) is 0 Å². The van der Waals surface area contributed by atoms with Gasteiger partial charge in [0.05, 0.1) is 6.20 Å². The van der Waals surface area contributed by atoms with Crippen molar-refractivity contribution >= 4 is 0 Å². The molecule has 1 aromatic heterocycles. The summed E-state index contributed by atoms with van der Waals surface area (Å²) in [6.45, 7) is 2.20. The first kappa shape index (κ1) is 15.2. The van der Waals surface area contributed by atoms with Crippen LogP contribution in [0.15, 0.2) is 12.4 Å². The highest BCUT2D eigenvalue weighted by atomic mass is 19.4. The Balaban J connectivity index is 1.90. The number of piperidine rings is 1. The predicted molar refractivity (Wildman–Crippen MR) is 65.9 cm³/mol. The summed E-state index contributed by atoms with van der Waals surface area (Å²) < 4.78 is 39.8. The molecule has 2 rings (SSSR count). The van der Waals surface area contributed by atoms with Crippen LogP contribution in [0.5, 0.6) is 0 Å². The Bertz CT molecular complexity index is 419. The summed E-state index contributed by atoms with van der Waals surface area (Å²) in [7, 11) is 0. The first-order valence-corrected chi connectivity index (χ1v) is 6.63. The van der Waals surface area contributed by atoms with Gasteiger partial charge in [-0.3, -0.25) is 9.58 Å². The normalized spacial score (nSPS) is 24.6. The van der Waals surface area contributed by atoms with Gasteiger partial charge in [-0.1, -0.05) is 5.21 Å². The molecule has 2 atom stereocenters. The van der Waals surface area contributed by atoms with Crippen molar-refractivity contribution in [1.82, 2.24) is 19.9 Å². The minimum atomic E-state index is -4.61. The number of likely N-dealkylation sites (tertiary alicyclic amines) is 1. The number of hydrogen-bond acceptors (Lipinski definition) is 4. The molecule has 20 heavy (non-hydrogen) atoms. The van der Waals surface area contributed by atoms with Crippen LogP contribution in [0.1, 0.15) is 19.8 Å². The minimum Gasteiger partial charge on any atom is -0.380 e. The van der Waals surface area contributed by atoms with E-state index in [9.17, 15) is 18.3 Å². The number of aromatic nitrogens is 3. The van der Waals surface area contributed by atoms with E-state index >= 15 is 0 Å². The van der Waals surface area contributed by atoms with Crippen molar-refractivity contribution in [2.75, 3.05) is 19.6 Å². The number of rotatable bonds is 4. The SMILES string of the molecule is C[C@@](O)(CN1CCC[C@@H](Cn2ccnn2)C1)C(F)(F)F. The summed E-state index contributed by atoms with van der Waals surface area (Å²) in [4.78, 5) is 1.68. The van der Waals surface area contributed by atoms with E-state index in [0.717, 1.165) is 19.8 Å². The Morgan fingerprint density at radius 1 is 1.40 bits per heavy atom. The molecule has 2 heterocycles. The number of aliphatic hydroxyl groups is 1. The predicted octanol–water partition coefficient (Wildman–Crippen LogP) is 1.30. The van der Waals surface area contributed by atoms with Crippen LogP contribution in [0.25, 0.3) is 0 Å². The molecule has 1 N–H and O–H groups in total. The molecule has 114 valence electrons. The van der Waals surface area contributed by atoms with Crippen molar-refractivity contribution in [2.45, 2.75) is 38.1 Å². The standard InChI is InChI=1S/C12H19F3N4O/c1-11(20,12(13,14)15)9-18-5-2-3-10(7-18)8-19-6-4-16-17-19/h4,6,10,20H,2-3,5,7-9H2,1H3/t10-,11-/m1/s1. The Morgan fingerprint density at radius 3 is 2.75 bits per heavy atom. The van der Waals surface area contributed by atoms with E-state index in [-0.39, 0.29) is 12.5 Å². The molecule has 1 aliphatic heterocycles. The molecular weight excluding hydrogens is 273 g/mol. The third-order valence-corrected chi connectivity index (χ3v) is 3.66. The molecule has 0 unspecified atom stereocenters. The van der Waals surface area contributed by atoms with Gasteiger partial charge in [-0.15, -0.1) is 5.10 Å². The lowest BCUT2D eigenvalue weighted by molar-refractivity contribution is -0.258. The van der Waals surface area contributed by atoms with Gasteiger partial charge in [-0.2, -0.15) is 13.2 Å². The third-order valence-electron chi connectivity index (χ3n) is 3.66. The highest BCUT2D eigenvalue weighted by Gasteiger charge is 2.50. The molecule has 8 heteroatoms. The van der Waals surface area contributed by atoms with Gasteiger partial charge in [0, 0.05) is 25.8 Å². The highest BCUT2D eigenvalue weighted by molar-refractivity contribution is 4.87. The van der Waals surface area contributed by atoms with Crippen molar-refractivity contribution in [3.05, 3.63) is 12.4 Å². The number of β-amino-alcohol motifs (C(OH)–C–C–N with tert-alkyl or cyclic N) is 1. The zero-order valence-corrected chi connectivity index (χ0v) is 11.3. The number of alkyl halides is 3. The maximum atomic E-state index is 12.7. The second-order valence-electron chi connectivity index (χ2n) is 5.64. The lowest BCUT2D eigenvalue weighted by Crippen LogP contribution is -2.53. The number of hydrogen-bond donors (Lipinski definition) is 1. The quantitative estimate of drug-likeness (QED) is 0.909. The van der Waals surface area contributed by atoms with E-state index in [1.165, 1.54) is 0 Å². The van der Waals surface area contributed by atoms with Gasteiger partial charge >= 0.3 is 6.18 Å². The fraction of sp³-hybridized carbons (Fsp3) is 0.833. The van der Waals surface area contributed by atoms with Crippen molar-refractivity contribution in [1.29, 1.82) is 0 Å². The summed E-state index contributed by atoms with van der Waals surface area (Å²) in [5.41, 5.74) is -2.66. The molecule has 1 fully saturated rings. The molecular formula is C12H19F3N4O. The molecule has 0 saturated carbocycles. The maximum absolute atomic E-state index is 12.7. The van der Waals surface area contributed by atoms with Crippen LogP contribution >= 0.6 is 0 Å². The molecule has 0 bridgehead atoms. The highest BCUT2D eigenvalue weighted by Crippen LogP contribution is 2.31. The van der Waals surface area contributed by atoms with E-state index in [1.807, 2.05) is 0 Å². The van der Waals surface area contributed by atoms with Gasteiger partial charge in [0.1, 0.15) is 0 Å². The van der Waals surface area contributed by atoms with Gasteiger partial charge in [0.25, 0.3) is 0 Å². The van der Waals surface area contributed by atoms with Crippen LogP contribution in [0.4, 0.5) is 13.2 Å². The molecule has 1 aromatic rings. The first-order chi connectivity index (χ1) is 9.28. The number of halogens is 3. The van der Waals surface area contributed by atoms with Crippen molar-refractivity contribution < 1.29 is 18.3 Å². The molecule has 1 saturated heterocycles. The van der Waals surface area contributed by atoms with Crippen LogP contribution < -0.4 is 0 Å². The Morgan fingerprint density at radius 2 is 2.15 bits per heavy atom. The zero-order valence-electron chi connectivity index (χ0n) is 11.3. The second kappa shape index (κ2) is 5.69. The van der Waals surface area contributed by atoms with Crippen LogP contribution in [-0.2, 0) is 6.54 Å². The summed E-state index contributed by atoms with van der Waals surface area (Å²) in [5.74, 6) is 0.231. The summed E-state index contributed by atoms with van der Waals surface area (Å²) in [5, 5.41) is 17.1. The average molecular weight is 292 g/mol. The molecule has 0 aromatic carbocycles. The van der Waals surface area contributed by atoms with E-state index < -0.39 is 11.8 Å². The zero-order chi connectivity index (χ0) is 14.8. The second-order valence-corrected chi connectivity index (χ2v) is 5.64. The van der Waals surface area contributed by atoms with E-state index in [2.05, 4.69) is 10.3 Å². The van der Waals surface area contributed by atoms with Crippen LogP contribution in [0.2, 0.25) is 0 Å². The average Bonchev–Trinajstić information content (AvgIpc) is 2.80. The van der Waals surface area contributed by atoms with Gasteiger partial charge in [0.15, 0.2) is 5.60 Å². The monoisotopic (exact) mass is 292 g/mol. The molecule has 0 radical (unpaired) electrons. The van der Waals surface area contributed by atoms with Crippen LogP contribution in [-0.4, -0.2) is 56.4 Å². The van der Waals surface area contributed by atoms with Crippen molar-refractivity contribution in [3.63, 3.8) is 0 Å². The van der Waals surface area contributed by atoms with Crippen molar-refractivity contribution in [3.8, 4) is 0 Å². The molecule has 5 nitrogen and oxygen atoms in total. The fourth-order valence-corrected chi connectivity index (χ4v) is 2.56. The van der Waals surface area contributed by atoms with E-state index in [4.69, 9.17) is 0 Å². The third kappa shape index (κ3) is 3.69. The van der Waals surface area contributed by atoms with Crippen molar-refractivity contribution in [2.24, 2.45) is 5.92 Å². The topological polar surface area (TPSA) is 54.2 Å². The van der Waals surface area contributed by atoms with Crippen LogP contribution in [0.3, 0.4) is 0 Å². The Labute approximate surface area is 115 Å². The fourth-order valence-electron chi connectivity index (χ4n) is 2.56. The van der Waals surface area contributed by atoms with E-state index in [0.29, 0.717) is 19.6 Å². The summed E-state index contributed by atoms with van der Waals surface area (Å²) >= 11 is 0. The molecule has 0 aliphatic carbocycles. The van der Waals surface area contributed by atoms with Gasteiger partial charge in [0.2, 0.25) is 0 Å². The minimum absolute atomic E-state index is 0.231. The van der Waals surface area contributed by atoms with Gasteiger partial charge in [-0.05, 0) is 32.2 Å². The van der Waals surface area contributed by atoms with Crippen LogP contribution in [0, 0.1) is 5.92 Å². The summed E-state index contributed by atoms with van der Waals surface area (Å²) in [6, 6.07) is 0. The van der Waals surface area contributed by atoms with Gasteiger partial charge < -0.3 is 5.11 Å². The summed E-state index contributed by atoms with van der Waals surface area (Å²) in [6.07, 6.45) is 0.490. The Hall–Kier alpha value is -1.15. The molecule has 1 aliphatic rings. The largest absolute Gasteiger partial charge is 0.418 e. The smallest absolute Gasteiger partial charge is 0.380 e. The Kier molecular flexibility index (Phi) is 4.33. The number of nitrogens with zero attached hydrogens (tertiary/aromatic N) is 4. The maximum Gasteiger partial charge on any atom is 0.418 e.